The molecule has 6 unspecified atom stereocenters. The van der Waals surface area contributed by atoms with E-state index >= 15 is 0 Å². The highest BCUT2D eigenvalue weighted by molar-refractivity contribution is 7.54. The molecule has 0 aromatic carbocycles. The van der Waals surface area contributed by atoms with Gasteiger partial charge in [0, 0.05) is 5.92 Å². The number of nitrogens with two attached hydrogens (primary N) is 1. The van der Waals surface area contributed by atoms with Crippen LogP contribution in [0.15, 0.2) is 0 Å². The van der Waals surface area contributed by atoms with Crippen molar-refractivity contribution in [3.63, 3.8) is 0 Å². The predicted octanol–water partition coefficient (Wildman–Crippen LogP) is -2.32. The van der Waals surface area contributed by atoms with Crippen molar-refractivity contribution in [2.75, 3.05) is 13.2 Å². The molecule has 0 bridgehead atoms. The molecule has 24 heavy (non-hydrogen) atoms. The van der Waals surface area contributed by atoms with Gasteiger partial charge in [-0.1, -0.05) is 0 Å². The molecule has 0 heterocycles. The summed E-state index contributed by atoms with van der Waals surface area (Å²) in [5.41, 5.74) is 5.52. The molecule has 9 N–H and O–H groups in total. The Morgan fingerprint density at radius 3 is 1.79 bits per heavy atom. The Bertz CT molecular complexity index is 468. The highest BCUT2D eigenvalue weighted by Gasteiger charge is 2.42. The molecule has 146 valence electrons. The average Bonchev–Trinajstić information content (AvgIpc) is 2.45. The minimum atomic E-state index is -4.99. The molecule has 14 heteroatoms. The normalized spacial score (nSPS) is 21.8. The van der Waals surface area contributed by atoms with Crippen LogP contribution in [-0.2, 0) is 18.4 Å². The predicted molar refractivity (Wildman–Crippen MR) is 80.6 cm³/mol. The number of aliphatic hydroxyl groups excluding tert-OH is 4. The van der Waals surface area contributed by atoms with Crippen LogP contribution in [0.4, 0.5) is 0 Å². The van der Waals surface area contributed by atoms with Gasteiger partial charge in [0.1, 0.15) is 12.3 Å². The highest BCUT2D eigenvalue weighted by Crippen LogP contribution is 2.52. The molecule has 12 nitrogen and oxygen atoms in total. The second-order valence-electron chi connectivity index (χ2n) is 5.22. The van der Waals surface area contributed by atoms with E-state index in [1.165, 1.54) is 0 Å². The summed E-state index contributed by atoms with van der Waals surface area (Å²) in [6, 6.07) is 0. The maximum absolute atomic E-state index is 12.0. The van der Waals surface area contributed by atoms with Gasteiger partial charge in [0.25, 0.3) is 0 Å². The zero-order chi connectivity index (χ0) is 19.3. The van der Waals surface area contributed by atoms with Gasteiger partial charge >= 0.3 is 15.2 Å². The van der Waals surface area contributed by atoms with Crippen LogP contribution >= 0.6 is 15.2 Å². The fourth-order valence-corrected chi connectivity index (χ4v) is 3.61. The summed E-state index contributed by atoms with van der Waals surface area (Å²) >= 11 is 0. The molecule has 0 aromatic rings. The Kier molecular flexibility index (Phi) is 9.70. The van der Waals surface area contributed by atoms with Crippen LogP contribution in [0.1, 0.15) is 13.8 Å². The molecular weight excluding hydrogens is 372 g/mol. The minimum absolute atomic E-state index is 0.528. The van der Waals surface area contributed by atoms with Gasteiger partial charge in [-0.25, -0.2) is 0 Å². The summed E-state index contributed by atoms with van der Waals surface area (Å²) in [5, 5.41) is 37.0. The van der Waals surface area contributed by atoms with E-state index in [1.54, 1.807) is 0 Å². The molecule has 0 rings (SSSR count). The quantitative estimate of drug-likeness (QED) is 0.136. The number of hydrogen-bond donors (Lipinski definition) is 8. The van der Waals surface area contributed by atoms with Crippen molar-refractivity contribution < 1.29 is 53.5 Å². The van der Waals surface area contributed by atoms with E-state index in [9.17, 15) is 24.2 Å². The first-order valence-corrected chi connectivity index (χ1v) is 10.2. The summed E-state index contributed by atoms with van der Waals surface area (Å²) in [6.07, 6.45) is -4.42. The van der Waals surface area contributed by atoms with Crippen LogP contribution in [0.2, 0.25) is 0 Å². The molecule has 0 amide bonds. The Morgan fingerprint density at radius 1 is 0.958 bits per heavy atom. The van der Waals surface area contributed by atoms with Crippen LogP contribution in [-0.4, -0.2) is 78.4 Å². The van der Waals surface area contributed by atoms with E-state index in [-0.39, 0.29) is 0 Å². The first-order chi connectivity index (χ1) is 10.8. The summed E-state index contributed by atoms with van der Waals surface area (Å²) in [4.78, 5) is 27.3. The van der Waals surface area contributed by atoms with Gasteiger partial charge < -0.3 is 50.1 Å². The molecule has 0 radical (unpaired) electrons. The summed E-state index contributed by atoms with van der Waals surface area (Å²) in [6.45, 7) is 1.04. The third kappa shape index (κ3) is 7.12. The van der Waals surface area contributed by atoms with Crippen molar-refractivity contribution in [1.29, 1.82) is 0 Å². The molecule has 0 aliphatic heterocycles. The highest BCUT2D eigenvalue weighted by atomic mass is 31.2. The Morgan fingerprint density at radius 2 is 1.42 bits per heavy atom. The van der Waals surface area contributed by atoms with Gasteiger partial charge in [-0.2, -0.15) is 0 Å². The smallest absolute Gasteiger partial charge is 0.359 e. The fourth-order valence-electron chi connectivity index (χ4n) is 1.59. The molecule has 0 aliphatic rings. The number of aliphatic hydroxyl groups is 4. The Labute approximate surface area is 138 Å². The number of ether oxygens (including phenoxy) is 1. The van der Waals surface area contributed by atoms with E-state index in [0.29, 0.717) is 0 Å². The summed E-state index contributed by atoms with van der Waals surface area (Å²) in [5.74, 6) is -5.42. The van der Waals surface area contributed by atoms with Gasteiger partial charge in [-0.05, 0) is 13.8 Å². The molecule has 0 saturated carbocycles. The van der Waals surface area contributed by atoms with E-state index in [1.807, 2.05) is 0 Å². The zero-order valence-electron chi connectivity index (χ0n) is 13.1. The third-order valence-electron chi connectivity index (χ3n) is 3.14. The molecule has 6 atom stereocenters. The van der Waals surface area contributed by atoms with Gasteiger partial charge in [-0.3, -0.25) is 9.13 Å². The third-order valence-corrected chi connectivity index (χ3v) is 5.97. The minimum Gasteiger partial charge on any atom is -0.396 e. The van der Waals surface area contributed by atoms with Crippen molar-refractivity contribution in [3.8, 4) is 0 Å². The fraction of sp³-hybridized carbons (Fsp3) is 1.00. The molecule has 0 aliphatic carbocycles. The van der Waals surface area contributed by atoms with Gasteiger partial charge in [0.05, 0.1) is 19.3 Å². The average molecular weight is 397 g/mol. The van der Waals surface area contributed by atoms with Crippen molar-refractivity contribution in [1.82, 2.24) is 0 Å². The standard InChI is InChI=1S/C10H25NO11P2/c1-5(21-8(11)7(3-12)4-13)10(15)24(19,20)22-6(2)9(14)23(16,17)18/h5-10,12-15H,3-4,11H2,1-2H3,(H,19,20)(H2,16,17,18). The van der Waals surface area contributed by atoms with E-state index < -0.39 is 64.4 Å². The molecular formula is C10H25NO11P2. The van der Waals surface area contributed by atoms with E-state index in [4.69, 9.17) is 30.5 Å². The monoisotopic (exact) mass is 397 g/mol. The molecule has 0 spiro atoms. The second kappa shape index (κ2) is 9.67. The van der Waals surface area contributed by atoms with Crippen LogP contribution in [0, 0.1) is 5.92 Å². The first-order valence-electron chi connectivity index (χ1n) is 6.82. The van der Waals surface area contributed by atoms with Crippen LogP contribution in [0.5, 0.6) is 0 Å². The maximum Gasteiger partial charge on any atom is 0.359 e. The molecule has 0 fully saturated rings. The van der Waals surface area contributed by atoms with E-state index in [0.717, 1.165) is 13.8 Å². The van der Waals surface area contributed by atoms with Crippen LogP contribution < -0.4 is 5.73 Å². The summed E-state index contributed by atoms with van der Waals surface area (Å²) < 4.78 is 32.4. The van der Waals surface area contributed by atoms with Crippen molar-refractivity contribution >= 4 is 15.2 Å². The van der Waals surface area contributed by atoms with Crippen LogP contribution in [0.3, 0.4) is 0 Å². The van der Waals surface area contributed by atoms with Gasteiger partial charge in [-0.15, -0.1) is 0 Å². The Balaban J connectivity index is 4.90. The molecule has 0 aromatic heterocycles. The zero-order valence-corrected chi connectivity index (χ0v) is 14.9. The van der Waals surface area contributed by atoms with Crippen LogP contribution in [0.25, 0.3) is 0 Å². The van der Waals surface area contributed by atoms with Crippen molar-refractivity contribution in [2.24, 2.45) is 11.7 Å². The lowest BCUT2D eigenvalue weighted by Crippen LogP contribution is -2.42. The maximum atomic E-state index is 12.0. The SMILES string of the molecule is CC(OP(=O)(O)C(O)C(C)OC(N)C(CO)CO)C(O)P(=O)(O)O. The van der Waals surface area contributed by atoms with Gasteiger partial charge in [0.2, 0.25) is 0 Å². The number of rotatable bonds is 11. The summed E-state index contributed by atoms with van der Waals surface area (Å²) in [7, 11) is -9.86. The number of hydrogen-bond acceptors (Lipinski definition) is 9. The Hall–Kier alpha value is 0.0600. The van der Waals surface area contributed by atoms with E-state index in [2.05, 4.69) is 4.52 Å². The van der Waals surface area contributed by atoms with Crippen molar-refractivity contribution in [3.05, 3.63) is 0 Å². The second-order valence-corrected chi connectivity index (χ2v) is 8.80. The lowest BCUT2D eigenvalue weighted by atomic mass is 10.1. The lowest BCUT2D eigenvalue weighted by Gasteiger charge is -2.30. The first kappa shape index (κ1) is 24.1. The molecule has 0 saturated heterocycles. The lowest BCUT2D eigenvalue weighted by molar-refractivity contribution is -0.0873. The van der Waals surface area contributed by atoms with Crippen molar-refractivity contribution in [2.45, 2.75) is 44.0 Å². The van der Waals surface area contributed by atoms with Gasteiger partial charge in [0.15, 0.2) is 11.7 Å². The largest absolute Gasteiger partial charge is 0.396 e. The topological polar surface area (TPSA) is 220 Å².